The van der Waals surface area contributed by atoms with Crippen LogP contribution in [0.4, 0.5) is 5.69 Å². The summed E-state index contributed by atoms with van der Waals surface area (Å²) in [4.78, 5) is 24.3. The standard InChI is InChI=1S/C18H13ClN2O3S2/c1-24-17(23)10-6-8-11(9-7-10)20-18(25)21-16(22)15-14(19)12-4-2-3-5-13(12)26-15/h2-9H,1H3,(H2,20,21,22,25). The summed E-state index contributed by atoms with van der Waals surface area (Å²) >= 11 is 12.8. The summed E-state index contributed by atoms with van der Waals surface area (Å²) in [6, 6.07) is 14.1. The van der Waals surface area contributed by atoms with Gasteiger partial charge >= 0.3 is 5.97 Å². The Balaban J connectivity index is 1.68. The van der Waals surface area contributed by atoms with Crippen LogP contribution in [0.5, 0.6) is 0 Å². The number of carbonyl (C=O) groups is 2. The highest BCUT2D eigenvalue weighted by atomic mass is 35.5. The second-order valence-electron chi connectivity index (χ2n) is 5.22. The van der Waals surface area contributed by atoms with E-state index in [9.17, 15) is 9.59 Å². The highest BCUT2D eigenvalue weighted by Crippen LogP contribution is 2.34. The second kappa shape index (κ2) is 7.82. The number of amides is 1. The van der Waals surface area contributed by atoms with Crippen LogP contribution in [0.3, 0.4) is 0 Å². The first-order valence-electron chi connectivity index (χ1n) is 7.47. The Labute approximate surface area is 163 Å². The van der Waals surface area contributed by atoms with Crippen LogP contribution in [0, 0.1) is 0 Å². The Bertz CT molecular complexity index is 999. The van der Waals surface area contributed by atoms with E-state index >= 15 is 0 Å². The fourth-order valence-electron chi connectivity index (χ4n) is 2.29. The van der Waals surface area contributed by atoms with Gasteiger partial charge in [0, 0.05) is 15.8 Å². The van der Waals surface area contributed by atoms with Crippen LogP contribution in [-0.2, 0) is 4.74 Å². The molecule has 3 aromatic rings. The second-order valence-corrected chi connectivity index (χ2v) is 7.06. The molecule has 0 bridgehead atoms. The van der Waals surface area contributed by atoms with Crippen molar-refractivity contribution in [2.75, 3.05) is 12.4 Å². The molecular formula is C18H13ClN2O3S2. The third kappa shape index (κ3) is 3.85. The van der Waals surface area contributed by atoms with Crippen LogP contribution in [0.2, 0.25) is 5.02 Å². The van der Waals surface area contributed by atoms with E-state index in [0.29, 0.717) is 21.2 Å². The molecule has 0 aliphatic heterocycles. The van der Waals surface area contributed by atoms with Crippen LogP contribution in [0.15, 0.2) is 48.5 Å². The molecule has 0 radical (unpaired) electrons. The molecule has 1 heterocycles. The SMILES string of the molecule is COC(=O)c1ccc(NC(=S)NC(=O)c2sc3ccccc3c2Cl)cc1. The van der Waals surface area contributed by atoms with Gasteiger partial charge in [-0.1, -0.05) is 29.8 Å². The lowest BCUT2D eigenvalue weighted by molar-refractivity contribution is 0.0600. The van der Waals surface area contributed by atoms with E-state index in [0.717, 1.165) is 10.1 Å². The topological polar surface area (TPSA) is 67.4 Å². The number of carbonyl (C=O) groups excluding carboxylic acids is 2. The molecule has 2 N–H and O–H groups in total. The zero-order valence-corrected chi connectivity index (χ0v) is 15.9. The predicted octanol–water partition coefficient (Wildman–Crippen LogP) is 4.47. The highest BCUT2D eigenvalue weighted by molar-refractivity contribution is 7.80. The number of rotatable bonds is 3. The zero-order valence-electron chi connectivity index (χ0n) is 13.5. The van der Waals surface area contributed by atoms with E-state index in [1.807, 2.05) is 24.3 Å². The van der Waals surface area contributed by atoms with Gasteiger partial charge in [0.1, 0.15) is 4.88 Å². The molecule has 2 aromatic carbocycles. The van der Waals surface area contributed by atoms with Crippen molar-refractivity contribution in [3.63, 3.8) is 0 Å². The van der Waals surface area contributed by atoms with Gasteiger partial charge in [-0.2, -0.15) is 0 Å². The smallest absolute Gasteiger partial charge is 0.337 e. The summed E-state index contributed by atoms with van der Waals surface area (Å²) < 4.78 is 5.57. The first-order valence-corrected chi connectivity index (χ1v) is 9.07. The number of halogens is 1. The monoisotopic (exact) mass is 404 g/mol. The number of hydrogen-bond donors (Lipinski definition) is 2. The Morgan fingerprint density at radius 3 is 2.46 bits per heavy atom. The number of anilines is 1. The van der Waals surface area contributed by atoms with E-state index in [1.165, 1.54) is 18.4 Å². The number of thiocarbonyl (C=S) groups is 1. The van der Waals surface area contributed by atoms with Crippen LogP contribution in [0.1, 0.15) is 20.0 Å². The molecule has 26 heavy (non-hydrogen) atoms. The fourth-order valence-corrected chi connectivity index (χ4v) is 3.91. The van der Waals surface area contributed by atoms with Crippen molar-refractivity contribution in [3.8, 4) is 0 Å². The molecule has 5 nitrogen and oxygen atoms in total. The van der Waals surface area contributed by atoms with E-state index in [-0.39, 0.29) is 11.0 Å². The molecule has 132 valence electrons. The summed E-state index contributed by atoms with van der Waals surface area (Å²) in [5.41, 5.74) is 1.05. The maximum Gasteiger partial charge on any atom is 0.337 e. The quantitative estimate of drug-likeness (QED) is 0.498. The van der Waals surface area contributed by atoms with Gasteiger partial charge < -0.3 is 10.1 Å². The molecule has 8 heteroatoms. The first-order chi connectivity index (χ1) is 12.5. The fraction of sp³-hybridized carbons (Fsp3) is 0.0556. The van der Waals surface area contributed by atoms with Crippen molar-refractivity contribution in [1.82, 2.24) is 5.32 Å². The van der Waals surface area contributed by atoms with Gasteiger partial charge in [0.25, 0.3) is 5.91 Å². The molecule has 0 aliphatic carbocycles. The lowest BCUT2D eigenvalue weighted by Gasteiger charge is -2.09. The number of ether oxygens (including phenoxy) is 1. The van der Waals surface area contributed by atoms with Crippen molar-refractivity contribution in [1.29, 1.82) is 0 Å². The van der Waals surface area contributed by atoms with E-state index in [2.05, 4.69) is 15.4 Å². The normalized spacial score (nSPS) is 10.4. The van der Waals surface area contributed by atoms with Crippen molar-refractivity contribution in [3.05, 3.63) is 64.0 Å². The number of thiophene rings is 1. The number of esters is 1. The van der Waals surface area contributed by atoms with Crippen LogP contribution < -0.4 is 10.6 Å². The van der Waals surface area contributed by atoms with Gasteiger partial charge in [0.2, 0.25) is 0 Å². The van der Waals surface area contributed by atoms with Crippen molar-refractivity contribution >= 4 is 67.9 Å². The van der Waals surface area contributed by atoms with Gasteiger partial charge in [-0.25, -0.2) is 4.79 Å². The molecule has 0 spiro atoms. The highest BCUT2D eigenvalue weighted by Gasteiger charge is 2.17. The first kappa shape index (κ1) is 18.3. The lowest BCUT2D eigenvalue weighted by Crippen LogP contribution is -2.33. The summed E-state index contributed by atoms with van der Waals surface area (Å²) in [6.07, 6.45) is 0. The third-order valence-corrected chi connectivity index (χ3v) is 5.41. The number of fused-ring (bicyclic) bond motifs is 1. The number of methoxy groups -OCH3 is 1. The van der Waals surface area contributed by atoms with Crippen LogP contribution in [0.25, 0.3) is 10.1 Å². The Morgan fingerprint density at radius 2 is 1.81 bits per heavy atom. The summed E-state index contributed by atoms with van der Waals surface area (Å²) in [5.74, 6) is -0.799. The molecule has 1 amide bonds. The molecule has 0 atom stereocenters. The molecule has 0 unspecified atom stereocenters. The minimum atomic E-state index is -0.424. The predicted molar refractivity (Wildman–Crippen MR) is 108 cm³/mol. The van der Waals surface area contributed by atoms with E-state index in [4.69, 9.17) is 23.8 Å². The molecular weight excluding hydrogens is 392 g/mol. The molecule has 3 rings (SSSR count). The summed E-state index contributed by atoms with van der Waals surface area (Å²) in [7, 11) is 1.32. The van der Waals surface area contributed by atoms with Gasteiger partial charge in [-0.3, -0.25) is 10.1 Å². The van der Waals surface area contributed by atoms with E-state index in [1.54, 1.807) is 24.3 Å². The molecule has 0 saturated carbocycles. The summed E-state index contributed by atoms with van der Waals surface area (Å²) in [5, 5.41) is 6.88. The van der Waals surface area contributed by atoms with Crippen LogP contribution in [-0.4, -0.2) is 24.1 Å². The number of benzene rings is 2. The number of hydrogen-bond acceptors (Lipinski definition) is 5. The number of nitrogens with one attached hydrogen (secondary N) is 2. The molecule has 1 aromatic heterocycles. The van der Waals surface area contributed by atoms with Gasteiger partial charge in [0.15, 0.2) is 5.11 Å². The van der Waals surface area contributed by atoms with E-state index < -0.39 is 5.97 Å². The molecule has 0 fully saturated rings. The molecule has 0 aliphatic rings. The maximum atomic E-state index is 12.4. The van der Waals surface area contributed by atoms with Gasteiger partial charge in [0.05, 0.1) is 17.7 Å². The Kier molecular flexibility index (Phi) is 5.51. The zero-order chi connectivity index (χ0) is 18.7. The largest absolute Gasteiger partial charge is 0.465 e. The Hall–Kier alpha value is -2.48. The maximum absolute atomic E-state index is 12.4. The van der Waals surface area contributed by atoms with Gasteiger partial charge in [-0.05, 0) is 42.5 Å². The average molecular weight is 405 g/mol. The lowest BCUT2D eigenvalue weighted by atomic mass is 10.2. The summed E-state index contributed by atoms with van der Waals surface area (Å²) in [6.45, 7) is 0. The minimum Gasteiger partial charge on any atom is -0.465 e. The molecule has 0 saturated heterocycles. The van der Waals surface area contributed by atoms with Crippen molar-refractivity contribution in [2.45, 2.75) is 0 Å². The third-order valence-electron chi connectivity index (χ3n) is 3.53. The van der Waals surface area contributed by atoms with Gasteiger partial charge in [-0.15, -0.1) is 11.3 Å². The van der Waals surface area contributed by atoms with Crippen LogP contribution >= 0.6 is 35.2 Å². The van der Waals surface area contributed by atoms with Crippen molar-refractivity contribution < 1.29 is 14.3 Å². The van der Waals surface area contributed by atoms with Crippen molar-refractivity contribution in [2.24, 2.45) is 0 Å². The Morgan fingerprint density at radius 1 is 1.12 bits per heavy atom. The average Bonchev–Trinajstić information content (AvgIpc) is 2.99. The minimum absolute atomic E-state index is 0.134.